The molecule has 0 aromatic carbocycles. The van der Waals surface area contributed by atoms with Crippen LogP contribution < -0.4 is 29.6 Å². The zero-order valence-corrected chi connectivity index (χ0v) is 11.2. The second-order valence-electron chi connectivity index (χ2n) is 2.76. The number of aliphatic carboxylic acids is 3. The van der Waals surface area contributed by atoms with E-state index in [0.717, 1.165) is 0 Å². The van der Waals surface area contributed by atoms with Gasteiger partial charge in [0.05, 0.1) is 12.8 Å². The zero-order valence-electron chi connectivity index (χ0n) is 9.23. The van der Waals surface area contributed by atoms with Crippen LogP contribution in [0.3, 0.4) is 0 Å². The Morgan fingerprint density at radius 1 is 0.778 bits per heavy atom. The number of hydrogen-bond donors (Lipinski definition) is 6. The van der Waals surface area contributed by atoms with E-state index in [1.165, 1.54) is 0 Å². The molecule has 0 saturated heterocycles. The van der Waals surface area contributed by atoms with Crippen LogP contribution in [0.5, 0.6) is 0 Å². The van der Waals surface area contributed by atoms with Crippen molar-refractivity contribution in [3.8, 4) is 0 Å². The summed E-state index contributed by atoms with van der Waals surface area (Å²) in [5.41, 5.74) is -2.74. The fourth-order valence-corrected chi connectivity index (χ4v) is 0.714. The minimum atomic E-state index is -2.74. The second kappa shape index (κ2) is 9.65. The van der Waals surface area contributed by atoms with Crippen molar-refractivity contribution in [2.24, 2.45) is 0 Å². The summed E-state index contributed by atoms with van der Waals surface area (Å²) in [4.78, 5) is 39.0. The summed E-state index contributed by atoms with van der Waals surface area (Å²) < 4.78 is 0. The fraction of sp³-hybridized carbons (Fsp3) is 0.429. The Kier molecular flexibility index (Phi) is 11.7. The van der Waals surface area contributed by atoms with Gasteiger partial charge in [-0.2, -0.15) is 0 Å². The molecule has 0 aromatic rings. The van der Waals surface area contributed by atoms with E-state index in [2.05, 4.69) is 0 Å². The molecule has 0 heterocycles. The molecule has 0 spiro atoms. The number of carboxylic acid groups (broad SMARTS) is 5. The average Bonchev–Trinajstić information content (AvgIpc) is 1.98. The molecule has 0 unspecified atom stereocenters. The Hall–Kier alpha value is -1.36. The quantitative estimate of drug-likeness (QED) is 0.270. The Bertz CT molecular complexity index is 304. The van der Waals surface area contributed by atoms with Crippen LogP contribution in [0.25, 0.3) is 0 Å². The van der Waals surface area contributed by atoms with Crippen LogP contribution in [0.15, 0.2) is 0 Å². The summed E-state index contributed by atoms with van der Waals surface area (Å²) >= 11 is 0. The number of hydrogen-bond acceptors (Lipinski definition) is 5. The van der Waals surface area contributed by atoms with E-state index in [1.54, 1.807) is 0 Å². The van der Waals surface area contributed by atoms with Crippen molar-refractivity contribution in [2.45, 2.75) is 18.4 Å². The monoisotopic (exact) mass is 277 g/mol. The number of carboxylic acids is 3. The molecule has 0 aliphatic rings. The minimum absolute atomic E-state index is 0. The molecule has 11 heteroatoms. The molecule has 0 saturated carbocycles. The molecule has 0 aromatic heterocycles. The molecule has 0 fully saturated rings. The number of rotatable bonds is 5. The molecule has 0 atom stereocenters. The standard InChI is InChI=1S/C6H8O7.CH2O3.Na/c7-3(8)1-6(13,5(11)12)2-4(9)10;2-1(3)4;/h13H,1-2H2,(H,7,8)(H,9,10)(H,11,12);(H2,2,3,4);/q;;+1. The van der Waals surface area contributed by atoms with Crippen molar-refractivity contribution in [2.75, 3.05) is 0 Å². The van der Waals surface area contributed by atoms with Gasteiger partial charge in [0.25, 0.3) is 0 Å². The van der Waals surface area contributed by atoms with Crippen LogP contribution in [0.1, 0.15) is 12.8 Å². The van der Waals surface area contributed by atoms with Gasteiger partial charge in [-0.25, -0.2) is 9.59 Å². The molecular weight excluding hydrogens is 267 g/mol. The number of aliphatic hydroxyl groups is 1. The molecule has 0 aliphatic carbocycles. The molecule has 0 amide bonds. The van der Waals surface area contributed by atoms with E-state index in [4.69, 9.17) is 35.4 Å². The molecular formula is C7H10NaO10+. The van der Waals surface area contributed by atoms with Gasteiger partial charge in [-0.05, 0) is 0 Å². The maximum Gasteiger partial charge on any atom is 1.00 e. The summed E-state index contributed by atoms with van der Waals surface area (Å²) in [6.07, 6.45) is -4.12. The smallest absolute Gasteiger partial charge is 0.481 e. The van der Waals surface area contributed by atoms with Crippen molar-refractivity contribution in [1.29, 1.82) is 0 Å². The van der Waals surface area contributed by atoms with Crippen LogP contribution >= 0.6 is 0 Å². The third-order valence-electron chi connectivity index (χ3n) is 1.29. The topological polar surface area (TPSA) is 190 Å². The van der Waals surface area contributed by atoms with Gasteiger partial charge in [0.1, 0.15) is 0 Å². The normalized spacial score (nSPS) is 9.17. The van der Waals surface area contributed by atoms with Gasteiger partial charge in [-0.15, -0.1) is 0 Å². The SMILES string of the molecule is O=C(O)CC(O)(CC(=O)O)C(=O)O.O=C(O)O.[Na+]. The Labute approximate surface area is 122 Å². The zero-order chi connectivity index (χ0) is 14.2. The van der Waals surface area contributed by atoms with E-state index < -0.39 is 42.5 Å². The van der Waals surface area contributed by atoms with Gasteiger partial charge < -0.3 is 30.6 Å². The van der Waals surface area contributed by atoms with Crippen molar-refractivity contribution in [3.63, 3.8) is 0 Å². The first-order chi connectivity index (χ1) is 7.51. The summed E-state index contributed by atoms with van der Waals surface area (Å²) in [7, 11) is 0. The van der Waals surface area contributed by atoms with Crippen molar-refractivity contribution >= 4 is 24.1 Å². The molecule has 10 nitrogen and oxygen atoms in total. The first-order valence-corrected chi connectivity index (χ1v) is 3.82. The average molecular weight is 277 g/mol. The first kappa shape index (κ1) is 21.9. The third-order valence-corrected chi connectivity index (χ3v) is 1.29. The summed E-state index contributed by atoms with van der Waals surface area (Å²) in [6, 6.07) is 0. The van der Waals surface area contributed by atoms with Crippen LogP contribution in [-0.2, 0) is 14.4 Å². The van der Waals surface area contributed by atoms with Crippen molar-refractivity contribution in [3.05, 3.63) is 0 Å². The Balaban J connectivity index is -0.000000392. The van der Waals surface area contributed by atoms with Crippen LogP contribution in [0.2, 0.25) is 0 Å². The predicted octanol–water partition coefficient (Wildman–Crippen LogP) is -4.02. The van der Waals surface area contributed by atoms with Gasteiger partial charge >= 0.3 is 53.6 Å². The second-order valence-corrected chi connectivity index (χ2v) is 2.76. The first-order valence-electron chi connectivity index (χ1n) is 3.82. The minimum Gasteiger partial charge on any atom is -0.481 e. The summed E-state index contributed by atoms with van der Waals surface area (Å²) in [6.45, 7) is 0. The largest absolute Gasteiger partial charge is 1.00 e. The van der Waals surface area contributed by atoms with Gasteiger partial charge in [-0.1, -0.05) is 0 Å². The van der Waals surface area contributed by atoms with E-state index in [0.29, 0.717) is 0 Å². The van der Waals surface area contributed by atoms with Crippen LogP contribution in [-0.4, -0.2) is 60.3 Å². The van der Waals surface area contributed by atoms with Crippen LogP contribution in [0, 0.1) is 0 Å². The van der Waals surface area contributed by atoms with E-state index >= 15 is 0 Å². The van der Waals surface area contributed by atoms with E-state index in [1.807, 2.05) is 0 Å². The molecule has 6 N–H and O–H groups in total. The fourth-order valence-electron chi connectivity index (χ4n) is 0.714. The van der Waals surface area contributed by atoms with E-state index in [-0.39, 0.29) is 29.6 Å². The predicted molar refractivity (Wildman–Crippen MR) is 47.7 cm³/mol. The molecule has 0 radical (unpaired) electrons. The Morgan fingerprint density at radius 3 is 1.11 bits per heavy atom. The molecule has 0 aliphatic heterocycles. The Morgan fingerprint density at radius 2 is 1.00 bits per heavy atom. The molecule has 0 rings (SSSR count). The van der Waals surface area contributed by atoms with Crippen molar-refractivity contribution < 1.29 is 79.4 Å². The summed E-state index contributed by atoms with van der Waals surface area (Å²) in [5, 5.41) is 47.8. The molecule has 98 valence electrons. The van der Waals surface area contributed by atoms with Crippen molar-refractivity contribution in [1.82, 2.24) is 0 Å². The van der Waals surface area contributed by atoms with Gasteiger partial charge in [0, 0.05) is 0 Å². The van der Waals surface area contributed by atoms with Gasteiger partial charge in [0.2, 0.25) is 0 Å². The van der Waals surface area contributed by atoms with Crippen LogP contribution in [0.4, 0.5) is 4.79 Å². The van der Waals surface area contributed by atoms with Gasteiger partial charge in [0.15, 0.2) is 5.60 Å². The third kappa shape index (κ3) is 12.7. The van der Waals surface area contributed by atoms with E-state index in [9.17, 15) is 14.4 Å². The van der Waals surface area contributed by atoms with Gasteiger partial charge in [-0.3, -0.25) is 9.59 Å². The maximum absolute atomic E-state index is 10.3. The molecule has 18 heavy (non-hydrogen) atoms. The molecule has 0 bridgehead atoms. The summed E-state index contributed by atoms with van der Waals surface area (Å²) in [5.74, 6) is -5.02. The number of carbonyl (C=O) groups is 4. The maximum atomic E-state index is 10.3.